The van der Waals surface area contributed by atoms with Gasteiger partial charge in [0.15, 0.2) is 0 Å². The second kappa shape index (κ2) is 9.52. The maximum Gasteiger partial charge on any atom is 0.129 e. The molecule has 9 nitrogen and oxygen atoms in total. The van der Waals surface area contributed by atoms with Crippen LogP contribution in [0.2, 0.25) is 0 Å². The zero-order valence-electron chi connectivity index (χ0n) is 16.0. The third-order valence-electron chi connectivity index (χ3n) is 4.61. The van der Waals surface area contributed by atoms with Crippen LogP contribution in [0.15, 0.2) is 35.5 Å². The monoisotopic (exact) mass is 389 g/mol. The van der Waals surface area contributed by atoms with Crippen LogP contribution in [0.4, 0.5) is 11.5 Å². The molecule has 1 unspecified atom stereocenters. The van der Waals surface area contributed by atoms with Crippen LogP contribution >= 0.6 is 0 Å². The third-order valence-corrected chi connectivity index (χ3v) is 4.61. The SMILES string of the molecule is N#CCN=CC(C=N)c1cc(C(=N)c2cccc(N3CCNCC3)n2)c(N)cn1. The first-order valence-electron chi connectivity index (χ1n) is 9.29. The van der Waals surface area contributed by atoms with Crippen LogP contribution in [0.25, 0.3) is 0 Å². The zero-order valence-corrected chi connectivity index (χ0v) is 16.0. The van der Waals surface area contributed by atoms with Gasteiger partial charge in [0.05, 0.1) is 41.0 Å². The van der Waals surface area contributed by atoms with E-state index in [1.165, 1.54) is 18.6 Å². The zero-order chi connectivity index (χ0) is 20.6. The maximum absolute atomic E-state index is 8.65. The Kier molecular flexibility index (Phi) is 6.60. The van der Waals surface area contributed by atoms with Crippen molar-refractivity contribution in [2.24, 2.45) is 4.99 Å². The van der Waals surface area contributed by atoms with Crippen molar-refractivity contribution in [3.8, 4) is 6.07 Å². The van der Waals surface area contributed by atoms with Crippen LogP contribution in [0.5, 0.6) is 0 Å². The number of anilines is 2. The number of nitrogen functional groups attached to an aromatic ring is 1. The smallest absolute Gasteiger partial charge is 0.129 e. The second-order valence-electron chi connectivity index (χ2n) is 6.53. The third kappa shape index (κ3) is 4.80. The number of pyridine rings is 2. The minimum atomic E-state index is -0.490. The van der Waals surface area contributed by atoms with Crippen molar-refractivity contribution >= 4 is 29.6 Å². The van der Waals surface area contributed by atoms with Crippen LogP contribution in [0.1, 0.15) is 22.9 Å². The van der Waals surface area contributed by atoms with Crippen molar-refractivity contribution in [1.82, 2.24) is 15.3 Å². The predicted octanol–water partition coefficient (Wildman–Crippen LogP) is 1.21. The number of aromatic nitrogens is 2. The number of rotatable bonds is 7. The molecule has 9 heteroatoms. The quantitative estimate of drug-likeness (QED) is 0.413. The van der Waals surface area contributed by atoms with Crippen LogP contribution in [0.3, 0.4) is 0 Å². The van der Waals surface area contributed by atoms with Gasteiger partial charge >= 0.3 is 0 Å². The summed E-state index contributed by atoms with van der Waals surface area (Å²) in [6, 6.07) is 9.24. The average molecular weight is 389 g/mol. The molecule has 1 aliphatic heterocycles. The molecule has 0 saturated carbocycles. The molecule has 1 fully saturated rings. The number of aliphatic imine (C=N–C) groups is 1. The molecular formula is C20H23N9. The van der Waals surface area contributed by atoms with Crippen molar-refractivity contribution in [2.75, 3.05) is 43.4 Å². The van der Waals surface area contributed by atoms with E-state index < -0.39 is 5.92 Å². The molecular weight excluding hydrogens is 366 g/mol. The predicted molar refractivity (Wildman–Crippen MR) is 114 cm³/mol. The fourth-order valence-electron chi connectivity index (χ4n) is 3.06. The summed E-state index contributed by atoms with van der Waals surface area (Å²) in [5, 5.41) is 28.2. The number of nitrogens with one attached hydrogen (secondary N) is 3. The van der Waals surface area contributed by atoms with Crippen molar-refractivity contribution in [3.63, 3.8) is 0 Å². The molecule has 0 aromatic carbocycles. The lowest BCUT2D eigenvalue weighted by Crippen LogP contribution is -2.44. The molecule has 0 spiro atoms. The first kappa shape index (κ1) is 20.1. The molecule has 3 rings (SSSR count). The lowest BCUT2D eigenvalue weighted by Gasteiger charge is -2.28. The van der Waals surface area contributed by atoms with Gasteiger partial charge in [-0.05, 0) is 18.2 Å². The van der Waals surface area contributed by atoms with E-state index in [2.05, 4.69) is 25.2 Å². The average Bonchev–Trinajstić information content (AvgIpc) is 2.77. The van der Waals surface area contributed by atoms with Gasteiger partial charge in [-0.1, -0.05) is 6.07 Å². The van der Waals surface area contributed by atoms with Gasteiger partial charge in [-0.25, -0.2) is 4.98 Å². The molecule has 0 amide bonds. The highest BCUT2D eigenvalue weighted by molar-refractivity contribution is 6.13. The van der Waals surface area contributed by atoms with E-state index in [-0.39, 0.29) is 12.3 Å². The minimum Gasteiger partial charge on any atom is -0.397 e. The number of nitrogens with zero attached hydrogens (tertiary/aromatic N) is 5. The lowest BCUT2D eigenvalue weighted by atomic mass is 10.0. The standard InChI is InChI=1S/C20H23N9/c21-4-5-26-12-14(11-22)18-10-15(16(23)13-27-18)20(24)17-2-1-3-19(28-17)29-8-6-25-7-9-29/h1-3,10-14,22,24-25H,5-9,23H2. The van der Waals surface area contributed by atoms with Gasteiger partial charge in [-0.15, -0.1) is 0 Å². The van der Waals surface area contributed by atoms with Crippen LogP contribution < -0.4 is 16.0 Å². The van der Waals surface area contributed by atoms with E-state index >= 15 is 0 Å². The summed E-state index contributed by atoms with van der Waals surface area (Å²) in [4.78, 5) is 15.1. The van der Waals surface area contributed by atoms with Gasteiger partial charge in [0, 0.05) is 44.2 Å². The number of nitriles is 1. The Bertz CT molecular complexity index is 955. The van der Waals surface area contributed by atoms with E-state index in [1.54, 1.807) is 12.1 Å². The van der Waals surface area contributed by atoms with Crippen molar-refractivity contribution in [1.29, 1.82) is 16.1 Å². The summed E-state index contributed by atoms with van der Waals surface area (Å²) >= 11 is 0. The number of hydrogen-bond acceptors (Lipinski definition) is 9. The Hall–Kier alpha value is -3.64. The fourth-order valence-corrected chi connectivity index (χ4v) is 3.06. The molecule has 1 saturated heterocycles. The normalized spacial score (nSPS) is 15.1. The molecule has 148 valence electrons. The van der Waals surface area contributed by atoms with E-state index in [0.29, 0.717) is 22.6 Å². The van der Waals surface area contributed by atoms with Gasteiger partial charge in [-0.2, -0.15) is 5.26 Å². The molecule has 3 heterocycles. The maximum atomic E-state index is 8.65. The number of hydrogen-bond donors (Lipinski definition) is 4. The van der Waals surface area contributed by atoms with Gasteiger partial charge in [0.2, 0.25) is 0 Å². The topological polar surface area (TPSA) is 151 Å². The van der Waals surface area contributed by atoms with Gasteiger partial charge < -0.3 is 21.4 Å². The summed E-state index contributed by atoms with van der Waals surface area (Å²) < 4.78 is 0. The molecule has 0 bridgehead atoms. The van der Waals surface area contributed by atoms with Crippen LogP contribution in [-0.2, 0) is 0 Å². The highest BCUT2D eigenvalue weighted by Crippen LogP contribution is 2.21. The summed E-state index contributed by atoms with van der Waals surface area (Å²) in [5.74, 6) is 0.346. The van der Waals surface area contributed by atoms with Gasteiger partial charge in [-0.3, -0.25) is 15.4 Å². The first-order chi connectivity index (χ1) is 14.1. The molecule has 1 atom stereocenters. The highest BCUT2D eigenvalue weighted by atomic mass is 15.2. The Morgan fingerprint density at radius 3 is 2.93 bits per heavy atom. The summed E-state index contributed by atoms with van der Waals surface area (Å²) in [6.45, 7) is 3.57. The molecule has 0 aliphatic carbocycles. The Balaban J connectivity index is 1.89. The molecule has 1 aliphatic rings. The van der Waals surface area contributed by atoms with Gasteiger partial charge in [0.1, 0.15) is 12.4 Å². The molecule has 29 heavy (non-hydrogen) atoms. The van der Waals surface area contributed by atoms with Gasteiger partial charge in [0.25, 0.3) is 0 Å². The van der Waals surface area contributed by atoms with E-state index in [0.717, 1.165) is 32.0 Å². The van der Waals surface area contributed by atoms with E-state index in [1.807, 2.05) is 18.2 Å². The summed E-state index contributed by atoms with van der Waals surface area (Å²) in [6.07, 6.45) is 4.18. The van der Waals surface area contributed by atoms with Crippen molar-refractivity contribution < 1.29 is 0 Å². The molecule has 2 aromatic rings. The Morgan fingerprint density at radius 1 is 1.41 bits per heavy atom. The van der Waals surface area contributed by atoms with Crippen molar-refractivity contribution in [2.45, 2.75) is 5.92 Å². The van der Waals surface area contributed by atoms with Crippen molar-refractivity contribution in [3.05, 3.63) is 47.4 Å². The molecule has 0 radical (unpaired) electrons. The largest absolute Gasteiger partial charge is 0.397 e. The van der Waals surface area contributed by atoms with E-state index in [4.69, 9.17) is 21.8 Å². The summed E-state index contributed by atoms with van der Waals surface area (Å²) in [7, 11) is 0. The molecule has 2 aromatic heterocycles. The van der Waals surface area contributed by atoms with Crippen LogP contribution in [-0.4, -0.2) is 60.8 Å². The Morgan fingerprint density at radius 2 is 2.21 bits per heavy atom. The van der Waals surface area contributed by atoms with Crippen LogP contribution in [0, 0.1) is 22.1 Å². The second-order valence-corrected chi connectivity index (χ2v) is 6.53. The van der Waals surface area contributed by atoms with E-state index in [9.17, 15) is 0 Å². The minimum absolute atomic E-state index is 0.0186. The first-order valence-corrected chi connectivity index (χ1v) is 9.29. The lowest BCUT2D eigenvalue weighted by molar-refractivity contribution is 0.585. The fraction of sp³-hybridized carbons (Fsp3) is 0.300. The Labute approximate surface area is 169 Å². The highest BCUT2D eigenvalue weighted by Gasteiger charge is 2.17. The summed E-state index contributed by atoms with van der Waals surface area (Å²) in [5.41, 5.74) is 8.21. The number of piperazine rings is 1. The molecule has 5 N–H and O–H groups in total. The number of nitrogens with two attached hydrogens (primary N) is 1.